The van der Waals surface area contributed by atoms with Crippen LogP contribution >= 0.6 is 24.8 Å². The number of nitrogens with one attached hydrogen (secondary N) is 1. The molecule has 5 heteroatoms. The lowest BCUT2D eigenvalue weighted by molar-refractivity contribution is 0.142. The summed E-state index contributed by atoms with van der Waals surface area (Å²) in [5.41, 5.74) is 7.07. The lowest BCUT2D eigenvalue weighted by Gasteiger charge is -2.19. The Bertz CT molecular complexity index is 272. The van der Waals surface area contributed by atoms with Gasteiger partial charge in [-0.15, -0.1) is 24.8 Å². The average Bonchev–Trinajstić information content (AvgIpc) is 2.27. The standard InChI is InChI=1S/C12H20N2O.2ClH/c1-2-14-9-12(15)11(13)8-10-6-4-3-5-7-10;;/h3-7,11-12,14-15H,2,8-9,13H2,1H3;2*1H/t11-,12+;;/m0../s1. The summed E-state index contributed by atoms with van der Waals surface area (Å²) < 4.78 is 0. The highest BCUT2D eigenvalue weighted by molar-refractivity contribution is 5.85. The number of likely N-dealkylation sites (N-methyl/N-ethyl adjacent to an activating group) is 1. The Kier molecular flexibility index (Phi) is 12.1. The lowest BCUT2D eigenvalue weighted by atomic mass is 10.0. The third-order valence-corrected chi connectivity index (χ3v) is 2.41. The molecule has 0 heterocycles. The van der Waals surface area contributed by atoms with Crippen LogP contribution in [0.1, 0.15) is 12.5 Å². The van der Waals surface area contributed by atoms with Crippen LogP contribution in [0.2, 0.25) is 0 Å². The lowest BCUT2D eigenvalue weighted by Crippen LogP contribution is -2.43. The SMILES string of the molecule is CCNC[C@@H](O)[C@@H](N)Cc1ccccc1.Cl.Cl. The fraction of sp³-hybridized carbons (Fsp3) is 0.500. The molecule has 0 aliphatic carbocycles. The summed E-state index contributed by atoms with van der Waals surface area (Å²) in [5, 5.41) is 12.8. The van der Waals surface area contributed by atoms with E-state index in [1.165, 1.54) is 5.56 Å². The minimum absolute atomic E-state index is 0. The van der Waals surface area contributed by atoms with Crippen LogP contribution in [0, 0.1) is 0 Å². The average molecular weight is 281 g/mol. The highest BCUT2D eigenvalue weighted by Crippen LogP contribution is 2.04. The van der Waals surface area contributed by atoms with E-state index in [2.05, 4.69) is 5.32 Å². The van der Waals surface area contributed by atoms with Crippen molar-refractivity contribution in [3.63, 3.8) is 0 Å². The molecule has 1 rings (SSSR count). The van der Waals surface area contributed by atoms with Gasteiger partial charge in [0.05, 0.1) is 6.10 Å². The minimum atomic E-state index is -0.481. The second-order valence-corrected chi connectivity index (χ2v) is 3.73. The summed E-state index contributed by atoms with van der Waals surface area (Å²) in [7, 11) is 0. The maximum Gasteiger partial charge on any atom is 0.0818 e. The smallest absolute Gasteiger partial charge is 0.0818 e. The first-order chi connectivity index (χ1) is 7.24. The molecular formula is C12H22Cl2N2O. The maximum atomic E-state index is 9.72. The van der Waals surface area contributed by atoms with Crippen molar-refractivity contribution in [1.82, 2.24) is 5.32 Å². The van der Waals surface area contributed by atoms with Crippen LogP contribution in [0.3, 0.4) is 0 Å². The van der Waals surface area contributed by atoms with Crippen LogP contribution in [0.25, 0.3) is 0 Å². The van der Waals surface area contributed by atoms with Crippen LogP contribution in [0.4, 0.5) is 0 Å². The molecule has 100 valence electrons. The number of nitrogens with two attached hydrogens (primary N) is 1. The van der Waals surface area contributed by atoms with E-state index in [9.17, 15) is 5.11 Å². The van der Waals surface area contributed by atoms with E-state index in [0.717, 1.165) is 6.54 Å². The third kappa shape index (κ3) is 7.58. The number of hydrogen-bond acceptors (Lipinski definition) is 3. The molecule has 0 saturated heterocycles. The quantitative estimate of drug-likeness (QED) is 0.738. The number of aliphatic hydroxyl groups excluding tert-OH is 1. The molecule has 0 amide bonds. The summed E-state index contributed by atoms with van der Waals surface area (Å²) in [6.07, 6.45) is 0.234. The van der Waals surface area contributed by atoms with Gasteiger partial charge in [-0.2, -0.15) is 0 Å². The molecule has 0 radical (unpaired) electrons. The first-order valence-corrected chi connectivity index (χ1v) is 5.42. The molecular weight excluding hydrogens is 259 g/mol. The van der Waals surface area contributed by atoms with Gasteiger partial charge in [-0.05, 0) is 18.5 Å². The largest absolute Gasteiger partial charge is 0.390 e. The normalized spacial score (nSPS) is 13.1. The molecule has 0 spiro atoms. The van der Waals surface area contributed by atoms with E-state index in [0.29, 0.717) is 13.0 Å². The fourth-order valence-electron chi connectivity index (χ4n) is 1.47. The highest BCUT2D eigenvalue weighted by atomic mass is 35.5. The fourth-order valence-corrected chi connectivity index (χ4v) is 1.47. The van der Waals surface area contributed by atoms with E-state index in [1.54, 1.807) is 0 Å². The zero-order valence-electron chi connectivity index (χ0n) is 10.0. The van der Waals surface area contributed by atoms with E-state index in [1.807, 2.05) is 37.3 Å². The van der Waals surface area contributed by atoms with Crippen molar-refractivity contribution < 1.29 is 5.11 Å². The monoisotopic (exact) mass is 280 g/mol. The number of benzene rings is 1. The van der Waals surface area contributed by atoms with Gasteiger partial charge in [0.25, 0.3) is 0 Å². The van der Waals surface area contributed by atoms with Crippen molar-refractivity contribution in [2.24, 2.45) is 5.73 Å². The molecule has 2 atom stereocenters. The number of hydrogen-bond donors (Lipinski definition) is 3. The Labute approximate surface area is 116 Å². The predicted octanol–water partition coefficient (Wildman–Crippen LogP) is 1.37. The molecule has 0 saturated carbocycles. The minimum Gasteiger partial charge on any atom is -0.390 e. The molecule has 0 bridgehead atoms. The summed E-state index contributed by atoms with van der Waals surface area (Å²) in [6.45, 7) is 3.43. The second kappa shape index (κ2) is 10.8. The first-order valence-electron chi connectivity index (χ1n) is 5.42. The number of aliphatic hydroxyl groups is 1. The van der Waals surface area contributed by atoms with Crippen molar-refractivity contribution in [1.29, 1.82) is 0 Å². The maximum absolute atomic E-state index is 9.72. The Morgan fingerprint density at radius 3 is 2.35 bits per heavy atom. The van der Waals surface area contributed by atoms with Crippen molar-refractivity contribution in [2.75, 3.05) is 13.1 Å². The van der Waals surface area contributed by atoms with Crippen molar-refractivity contribution in [3.05, 3.63) is 35.9 Å². The topological polar surface area (TPSA) is 58.3 Å². The van der Waals surface area contributed by atoms with Gasteiger partial charge in [0.1, 0.15) is 0 Å². The molecule has 1 aromatic carbocycles. The Balaban J connectivity index is 0. The van der Waals surface area contributed by atoms with Crippen molar-refractivity contribution in [2.45, 2.75) is 25.5 Å². The van der Waals surface area contributed by atoms with Crippen LogP contribution in [0.5, 0.6) is 0 Å². The number of halogens is 2. The summed E-state index contributed by atoms with van der Waals surface area (Å²) in [6, 6.07) is 9.80. The molecule has 0 aliphatic rings. The van der Waals surface area contributed by atoms with Gasteiger partial charge in [-0.25, -0.2) is 0 Å². The zero-order valence-corrected chi connectivity index (χ0v) is 11.6. The molecule has 0 fully saturated rings. The van der Waals surface area contributed by atoms with Gasteiger partial charge in [0.15, 0.2) is 0 Å². The highest BCUT2D eigenvalue weighted by Gasteiger charge is 2.14. The van der Waals surface area contributed by atoms with Gasteiger partial charge in [0.2, 0.25) is 0 Å². The van der Waals surface area contributed by atoms with Gasteiger partial charge in [-0.1, -0.05) is 37.3 Å². The molecule has 0 aromatic heterocycles. The number of rotatable bonds is 6. The van der Waals surface area contributed by atoms with E-state index in [4.69, 9.17) is 5.73 Å². The molecule has 0 aliphatic heterocycles. The van der Waals surface area contributed by atoms with Crippen LogP contribution in [-0.2, 0) is 6.42 Å². The van der Waals surface area contributed by atoms with Gasteiger partial charge in [-0.3, -0.25) is 0 Å². The van der Waals surface area contributed by atoms with Crippen LogP contribution < -0.4 is 11.1 Å². The molecule has 4 N–H and O–H groups in total. The molecule has 17 heavy (non-hydrogen) atoms. The first kappa shape index (κ1) is 19.0. The predicted molar refractivity (Wildman–Crippen MR) is 77.2 cm³/mol. The summed E-state index contributed by atoms with van der Waals surface area (Å²) >= 11 is 0. The van der Waals surface area contributed by atoms with Gasteiger partial charge in [0, 0.05) is 12.6 Å². The van der Waals surface area contributed by atoms with Crippen molar-refractivity contribution >= 4 is 24.8 Å². The van der Waals surface area contributed by atoms with E-state index >= 15 is 0 Å². The third-order valence-electron chi connectivity index (χ3n) is 2.41. The van der Waals surface area contributed by atoms with E-state index in [-0.39, 0.29) is 30.9 Å². The van der Waals surface area contributed by atoms with Gasteiger partial charge < -0.3 is 16.2 Å². The Morgan fingerprint density at radius 2 is 1.82 bits per heavy atom. The second-order valence-electron chi connectivity index (χ2n) is 3.73. The summed E-state index contributed by atoms with van der Waals surface area (Å²) in [4.78, 5) is 0. The Hall–Kier alpha value is -0.320. The Morgan fingerprint density at radius 1 is 1.24 bits per heavy atom. The summed E-state index contributed by atoms with van der Waals surface area (Å²) in [5.74, 6) is 0. The van der Waals surface area contributed by atoms with Crippen LogP contribution in [0.15, 0.2) is 30.3 Å². The molecule has 3 nitrogen and oxygen atoms in total. The molecule has 1 aromatic rings. The zero-order chi connectivity index (χ0) is 11.1. The van der Waals surface area contributed by atoms with Crippen LogP contribution in [-0.4, -0.2) is 30.3 Å². The van der Waals surface area contributed by atoms with E-state index < -0.39 is 6.10 Å². The van der Waals surface area contributed by atoms with Gasteiger partial charge >= 0.3 is 0 Å². The molecule has 0 unspecified atom stereocenters. The van der Waals surface area contributed by atoms with Crippen molar-refractivity contribution in [3.8, 4) is 0 Å².